The highest BCUT2D eigenvalue weighted by atomic mass is 79.9. The molecule has 0 bridgehead atoms. The topological polar surface area (TPSA) is 87.0 Å². The van der Waals surface area contributed by atoms with Crippen LogP contribution in [0.2, 0.25) is 0 Å². The van der Waals surface area contributed by atoms with Crippen molar-refractivity contribution in [2.24, 2.45) is 4.99 Å². The lowest BCUT2D eigenvalue weighted by Crippen LogP contribution is -2.39. The van der Waals surface area contributed by atoms with Crippen LogP contribution in [0.15, 0.2) is 86.7 Å². The van der Waals surface area contributed by atoms with E-state index in [-0.39, 0.29) is 17.7 Å². The van der Waals surface area contributed by atoms with E-state index in [2.05, 4.69) is 27.5 Å². The average molecular weight is 553 g/mol. The molecule has 0 radical (unpaired) electrons. The van der Waals surface area contributed by atoms with E-state index in [0.29, 0.717) is 26.3 Å². The standard InChI is InChI=1S/C26H21BrN2O5S/c1-4-12-33-25(32)22-15(2)28-26-29(23(22)18-8-10-20(11-9-18)34-16(3)30)24(31)21(35-26)14-17-6-5-7-19(27)13-17/h4-11,13-14,23H,1,12H2,2-3H3/b21-14+/t23-/m0/s1. The van der Waals surface area contributed by atoms with Gasteiger partial charge < -0.3 is 9.47 Å². The van der Waals surface area contributed by atoms with Gasteiger partial charge in [0.2, 0.25) is 0 Å². The van der Waals surface area contributed by atoms with Crippen LogP contribution in [0.1, 0.15) is 31.0 Å². The van der Waals surface area contributed by atoms with Gasteiger partial charge in [0.25, 0.3) is 5.56 Å². The van der Waals surface area contributed by atoms with Gasteiger partial charge in [0.1, 0.15) is 12.4 Å². The normalized spacial score (nSPS) is 15.3. The number of rotatable bonds is 6. The molecule has 9 heteroatoms. The zero-order valence-corrected chi connectivity index (χ0v) is 21.4. The maximum absolute atomic E-state index is 13.6. The van der Waals surface area contributed by atoms with Crippen LogP contribution >= 0.6 is 27.3 Å². The van der Waals surface area contributed by atoms with Crippen LogP contribution in [-0.2, 0) is 14.3 Å². The second-order valence-electron chi connectivity index (χ2n) is 7.69. The van der Waals surface area contributed by atoms with Gasteiger partial charge in [-0.1, -0.05) is 64.2 Å². The third-order valence-electron chi connectivity index (χ3n) is 5.18. The monoisotopic (exact) mass is 552 g/mol. The average Bonchev–Trinajstić information content (AvgIpc) is 3.11. The van der Waals surface area contributed by atoms with Crippen molar-refractivity contribution >= 4 is 45.3 Å². The molecule has 0 unspecified atom stereocenters. The molecule has 178 valence electrons. The first kappa shape index (κ1) is 24.6. The fourth-order valence-corrected chi connectivity index (χ4v) is 5.21. The number of fused-ring (bicyclic) bond motifs is 1. The molecule has 0 aliphatic carbocycles. The number of aromatic nitrogens is 1. The van der Waals surface area contributed by atoms with E-state index in [0.717, 1.165) is 10.0 Å². The fraction of sp³-hybridized carbons (Fsp3) is 0.154. The van der Waals surface area contributed by atoms with Gasteiger partial charge >= 0.3 is 11.9 Å². The molecule has 3 aromatic rings. The first-order chi connectivity index (χ1) is 16.8. The molecule has 2 aromatic carbocycles. The maximum Gasteiger partial charge on any atom is 0.338 e. The van der Waals surface area contributed by atoms with E-state index in [4.69, 9.17) is 9.47 Å². The highest BCUT2D eigenvalue weighted by molar-refractivity contribution is 9.10. The summed E-state index contributed by atoms with van der Waals surface area (Å²) in [7, 11) is 0. The number of carbonyl (C=O) groups is 2. The van der Waals surface area contributed by atoms with E-state index in [1.54, 1.807) is 37.3 Å². The molecule has 1 aliphatic heterocycles. The molecule has 1 aliphatic rings. The smallest absolute Gasteiger partial charge is 0.338 e. The lowest BCUT2D eigenvalue weighted by Gasteiger charge is -2.24. The Morgan fingerprint density at radius 2 is 1.97 bits per heavy atom. The van der Waals surface area contributed by atoms with Crippen molar-refractivity contribution in [1.82, 2.24) is 4.57 Å². The van der Waals surface area contributed by atoms with E-state index in [1.165, 1.54) is 28.9 Å². The number of allylic oxidation sites excluding steroid dienone is 1. The zero-order valence-electron chi connectivity index (χ0n) is 19.0. The van der Waals surface area contributed by atoms with E-state index >= 15 is 0 Å². The minimum Gasteiger partial charge on any atom is -0.458 e. The Labute approximate surface area is 213 Å². The van der Waals surface area contributed by atoms with Gasteiger partial charge in [0, 0.05) is 11.4 Å². The van der Waals surface area contributed by atoms with Crippen molar-refractivity contribution in [3.8, 4) is 5.75 Å². The number of carbonyl (C=O) groups excluding carboxylic acids is 2. The fourth-order valence-electron chi connectivity index (χ4n) is 3.74. The number of hydrogen-bond acceptors (Lipinski definition) is 7. The summed E-state index contributed by atoms with van der Waals surface area (Å²) in [5, 5.41) is 0. The van der Waals surface area contributed by atoms with Crippen LogP contribution in [0.5, 0.6) is 5.75 Å². The summed E-state index contributed by atoms with van der Waals surface area (Å²) in [5.74, 6) is -0.663. The molecule has 0 N–H and O–H groups in total. The summed E-state index contributed by atoms with van der Waals surface area (Å²) in [6.07, 6.45) is 3.27. The van der Waals surface area contributed by atoms with E-state index < -0.39 is 18.0 Å². The first-order valence-corrected chi connectivity index (χ1v) is 12.2. The molecule has 35 heavy (non-hydrogen) atoms. The summed E-state index contributed by atoms with van der Waals surface area (Å²) in [4.78, 5) is 43.0. The van der Waals surface area contributed by atoms with E-state index in [9.17, 15) is 14.4 Å². The molecular weight excluding hydrogens is 532 g/mol. The summed E-state index contributed by atoms with van der Waals surface area (Å²) in [6.45, 7) is 6.65. The molecule has 0 fully saturated rings. The Balaban J connectivity index is 1.90. The SMILES string of the molecule is C=CCOC(=O)C1=C(C)N=c2s/c(=C/c3cccc(Br)c3)c(=O)n2[C@H]1c1ccc(OC(C)=O)cc1. The minimum absolute atomic E-state index is 0.0288. The van der Waals surface area contributed by atoms with Crippen LogP contribution in [0.3, 0.4) is 0 Å². The maximum atomic E-state index is 13.6. The summed E-state index contributed by atoms with van der Waals surface area (Å²) in [5.41, 5.74) is 1.95. The summed E-state index contributed by atoms with van der Waals surface area (Å²) < 4.78 is 13.3. The second kappa shape index (κ2) is 10.4. The quantitative estimate of drug-likeness (QED) is 0.264. The Morgan fingerprint density at radius 3 is 2.63 bits per heavy atom. The number of ether oxygens (including phenoxy) is 2. The van der Waals surface area contributed by atoms with Crippen LogP contribution in [-0.4, -0.2) is 23.1 Å². The van der Waals surface area contributed by atoms with Gasteiger partial charge in [-0.05, 0) is 48.4 Å². The summed E-state index contributed by atoms with van der Waals surface area (Å²) in [6, 6.07) is 13.5. The van der Waals surface area contributed by atoms with Crippen LogP contribution < -0.4 is 19.6 Å². The third kappa shape index (κ3) is 5.26. The third-order valence-corrected chi connectivity index (χ3v) is 6.65. The van der Waals surface area contributed by atoms with Crippen molar-refractivity contribution in [3.05, 3.63) is 108 Å². The van der Waals surface area contributed by atoms with Gasteiger partial charge in [-0.3, -0.25) is 14.2 Å². The Bertz CT molecular complexity index is 1530. The van der Waals surface area contributed by atoms with Gasteiger partial charge in [-0.25, -0.2) is 9.79 Å². The van der Waals surface area contributed by atoms with Crippen LogP contribution in [0.25, 0.3) is 6.08 Å². The number of benzene rings is 2. The first-order valence-electron chi connectivity index (χ1n) is 10.6. The highest BCUT2D eigenvalue weighted by Crippen LogP contribution is 2.31. The molecule has 4 rings (SSSR count). The van der Waals surface area contributed by atoms with Crippen LogP contribution in [0, 0.1) is 0 Å². The van der Waals surface area contributed by atoms with Gasteiger partial charge in [-0.2, -0.15) is 0 Å². The van der Waals surface area contributed by atoms with Crippen molar-refractivity contribution in [2.75, 3.05) is 6.61 Å². The van der Waals surface area contributed by atoms with Crippen molar-refractivity contribution in [2.45, 2.75) is 19.9 Å². The molecule has 0 spiro atoms. The summed E-state index contributed by atoms with van der Waals surface area (Å²) >= 11 is 4.70. The highest BCUT2D eigenvalue weighted by Gasteiger charge is 2.33. The number of nitrogens with zero attached hydrogens (tertiary/aromatic N) is 2. The second-order valence-corrected chi connectivity index (χ2v) is 9.61. The predicted octanol–water partition coefficient (Wildman–Crippen LogP) is 3.65. The van der Waals surface area contributed by atoms with Crippen molar-refractivity contribution < 1.29 is 19.1 Å². The Hall–Kier alpha value is -3.56. The number of esters is 2. The molecule has 2 heterocycles. The molecule has 1 atom stereocenters. The largest absolute Gasteiger partial charge is 0.458 e. The number of hydrogen-bond donors (Lipinski definition) is 0. The molecule has 0 saturated heterocycles. The predicted molar refractivity (Wildman–Crippen MR) is 137 cm³/mol. The van der Waals surface area contributed by atoms with Crippen LogP contribution in [0.4, 0.5) is 0 Å². The van der Waals surface area contributed by atoms with Gasteiger partial charge in [0.05, 0.1) is 21.8 Å². The zero-order chi connectivity index (χ0) is 25.1. The van der Waals surface area contributed by atoms with E-state index in [1.807, 2.05) is 24.3 Å². The lowest BCUT2D eigenvalue weighted by atomic mass is 9.96. The Kier molecular flexibility index (Phi) is 7.28. The lowest BCUT2D eigenvalue weighted by molar-refractivity contribution is -0.138. The van der Waals surface area contributed by atoms with Crippen molar-refractivity contribution in [3.63, 3.8) is 0 Å². The van der Waals surface area contributed by atoms with Gasteiger partial charge in [0.15, 0.2) is 4.80 Å². The number of thiazole rings is 1. The minimum atomic E-state index is -0.764. The van der Waals surface area contributed by atoms with Crippen molar-refractivity contribution in [1.29, 1.82) is 0 Å². The molecule has 0 saturated carbocycles. The van der Waals surface area contributed by atoms with Gasteiger partial charge in [-0.15, -0.1) is 0 Å². The molecule has 7 nitrogen and oxygen atoms in total. The Morgan fingerprint density at radius 1 is 1.23 bits per heavy atom. The molecule has 1 aromatic heterocycles. The molecule has 0 amide bonds. The molecular formula is C26H21BrN2O5S. The number of halogens is 1.